The summed E-state index contributed by atoms with van der Waals surface area (Å²) in [6.45, 7) is 8.44. The first-order valence-corrected chi connectivity index (χ1v) is 8.95. The van der Waals surface area contributed by atoms with Crippen LogP contribution in [0.25, 0.3) is 21.9 Å². The Morgan fingerprint density at radius 3 is 2.41 bits per heavy atom. The molecule has 0 spiro atoms. The Morgan fingerprint density at radius 2 is 1.74 bits per heavy atom. The molecule has 0 radical (unpaired) electrons. The van der Waals surface area contributed by atoms with E-state index in [9.17, 15) is 4.79 Å². The third-order valence-corrected chi connectivity index (χ3v) is 4.83. The molecular weight excluding hydrogens is 336 g/mol. The van der Waals surface area contributed by atoms with Crippen LogP contribution in [-0.4, -0.2) is 20.7 Å². The summed E-state index contributed by atoms with van der Waals surface area (Å²) >= 11 is 0. The van der Waals surface area contributed by atoms with E-state index in [2.05, 4.69) is 30.9 Å². The predicted octanol–water partition coefficient (Wildman–Crippen LogP) is 4.46. The number of nitrogen functional groups attached to an aromatic ring is 1. The van der Waals surface area contributed by atoms with Crippen molar-refractivity contribution in [3.63, 3.8) is 0 Å². The highest BCUT2D eigenvalue weighted by Gasteiger charge is 2.19. The Labute approximate surface area is 157 Å². The first kappa shape index (κ1) is 17.2. The van der Waals surface area contributed by atoms with Gasteiger partial charge < -0.3 is 5.73 Å². The molecule has 2 aromatic carbocycles. The first-order valence-electron chi connectivity index (χ1n) is 8.95. The average Bonchev–Trinajstić information content (AvgIpc) is 2.94. The summed E-state index contributed by atoms with van der Waals surface area (Å²) in [5.74, 6) is 0.0660. The zero-order valence-electron chi connectivity index (χ0n) is 15.9. The second-order valence-corrected chi connectivity index (χ2v) is 7.99. The number of nitrogens with zero attached hydrogens (tertiary/aromatic N) is 3. The highest BCUT2D eigenvalue weighted by molar-refractivity contribution is 6.05. The van der Waals surface area contributed by atoms with E-state index < -0.39 is 0 Å². The molecule has 5 heteroatoms. The van der Waals surface area contributed by atoms with Crippen molar-refractivity contribution in [3.8, 4) is 0 Å². The van der Waals surface area contributed by atoms with Gasteiger partial charge in [-0.1, -0.05) is 45.0 Å². The maximum Gasteiger partial charge on any atom is 0.280 e. The molecule has 0 fully saturated rings. The van der Waals surface area contributed by atoms with Gasteiger partial charge >= 0.3 is 0 Å². The highest BCUT2D eigenvalue weighted by Crippen LogP contribution is 2.26. The molecule has 2 aromatic heterocycles. The third kappa shape index (κ3) is 2.95. The second-order valence-electron chi connectivity index (χ2n) is 7.99. The van der Waals surface area contributed by atoms with Crippen molar-refractivity contribution < 1.29 is 4.79 Å². The van der Waals surface area contributed by atoms with Crippen molar-refractivity contribution in [3.05, 3.63) is 65.2 Å². The molecule has 0 saturated carbocycles. The quantitative estimate of drug-likeness (QED) is 0.545. The molecule has 0 bridgehead atoms. The van der Waals surface area contributed by atoms with Crippen LogP contribution in [0.1, 0.15) is 42.3 Å². The number of carbonyl (C=O) groups excluding carboxylic acids is 1. The maximum atomic E-state index is 13.0. The Balaban J connectivity index is 1.84. The fourth-order valence-electron chi connectivity index (χ4n) is 3.20. The van der Waals surface area contributed by atoms with Gasteiger partial charge in [0.05, 0.1) is 10.9 Å². The summed E-state index contributed by atoms with van der Waals surface area (Å²) < 4.78 is 1.30. The number of hydrogen-bond donors (Lipinski definition) is 1. The zero-order valence-corrected chi connectivity index (χ0v) is 15.9. The highest BCUT2D eigenvalue weighted by atomic mass is 16.2. The van der Waals surface area contributed by atoms with Gasteiger partial charge in [0.25, 0.3) is 5.91 Å². The lowest BCUT2D eigenvalue weighted by Gasteiger charge is -2.18. The molecule has 4 aromatic rings. The van der Waals surface area contributed by atoms with E-state index >= 15 is 0 Å². The van der Waals surface area contributed by atoms with Gasteiger partial charge in [0.1, 0.15) is 0 Å². The van der Waals surface area contributed by atoms with Crippen LogP contribution in [0.15, 0.2) is 48.5 Å². The number of rotatable bonds is 1. The fraction of sp³-hybridized carbons (Fsp3) is 0.227. The molecule has 27 heavy (non-hydrogen) atoms. The van der Waals surface area contributed by atoms with Gasteiger partial charge in [-0.15, -0.1) is 5.10 Å². The lowest BCUT2D eigenvalue weighted by atomic mass is 9.87. The van der Waals surface area contributed by atoms with Crippen molar-refractivity contribution in [1.29, 1.82) is 0 Å². The third-order valence-electron chi connectivity index (χ3n) is 4.83. The van der Waals surface area contributed by atoms with Gasteiger partial charge in [-0.3, -0.25) is 4.79 Å². The minimum Gasteiger partial charge on any atom is -0.382 e. The van der Waals surface area contributed by atoms with Crippen LogP contribution >= 0.6 is 0 Å². The molecule has 2 heterocycles. The van der Waals surface area contributed by atoms with Gasteiger partial charge in [0.2, 0.25) is 0 Å². The Hall–Kier alpha value is -3.21. The first-order chi connectivity index (χ1) is 12.7. The van der Waals surface area contributed by atoms with Crippen molar-refractivity contribution in [2.45, 2.75) is 33.1 Å². The summed E-state index contributed by atoms with van der Waals surface area (Å²) in [5, 5.41) is 5.92. The number of hydrogen-bond acceptors (Lipinski definition) is 4. The van der Waals surface area contributed by atoms with Crippen LogP contribution in [0.4, 0.5) is 5.82 Å². The Bertz CT molecular complexity index is 1180. The van der Waals surface area contributed by atoms with Crippen LogP contribution in [0.3, 0.4) is 0 Å². The molecule has 5 nitrogen and oxygen atoms in total. The average molecular weight is 358 g/mol. The van der Waals surface area contributed by atoms with Gasteiger partial charge in [-0.2, -0.15) is 4.68 Å². The number of anilines is 1. The van der Waals surface area contributed by atoms with Crippen LogP contribution in [0, 0.1) is 6.92 Å². The Morgan fingerprint density at radius 1 is 1.04 bits per heavy atom. The number of aryl methyl sites for hydroxylation is 1. The maximum absolute atomic E-state index is 13.0. The zero-order chi connectivity index (χ0) is 19.3. The van der Waals surface area contributed by atoms with Crippen molar-refractivity contribution >= 4 is 33.7 Å². The minimum atomic E-state index is -0.239. The molecule has 4 rings (SSSR count). The van der Waals surface area contributed by atoms with Crippen molar-refractivity contribution in [2.24, 2.45) is 0 Å². The lowest BCUT2D eigenvalue weighted by Crippen LogP contribution is -2.16. The number of nitrogens with two attached hydrogens (primary N) is 1. The summed E-state index contributed by atoms with van der Waals surface area (Å²) in [6.07, 6.45) is 0. The molecule has 0 amide bonds. The van der Waals surface area contributed by atoms with Gasteiger partial charge in [-0.05, 0) is 47.7 Å². The largest absolute Gasteiger partial charge is 0.382 e. The van der Waals surface area contributed by atoms with E-state index in [0.717, 1.165) is 16.5 Å². The van der Waals surface area contributed by atoms with Crippen LogP contribution in [-0.2, 0) is 5.41 Å². The van der Waals surface area contributed by atoms with E-state index in [0.29, 0.717) is 22.4 Å². The molecule has 0 saturated heterocycles. The van der Waals surface area contributed by atoms with Crippen LogP contribution in [0.5, 0.6) is 0 Å². The van der Waals surface area contributed by atoms with Gasteiger partial charge in [0, 0.05) is 10.9 Å². The summed E-state index contributed by atoms with van der Waals surface area (Å²) in [5.41, 5.74) is 10.2. The van der Waals surface area contributed by atoms with E-state index in [1.54, 1.807) is 0 Å². The van der Waals surface area contributed by atoms with Crippen LogP contribution < -0.4 is 5.73 Å². The van der Waals surface area contributed by atoms with E-state index in [1.807, 2.05) is 55.5 Å². The number of fused-ring (bicyclic) bond motifs is 2. The molecular formula is C22H22N4O. The molecule has 0 atom stereocenters. The van der Waals surface area contributed by atoms with E-state index in [1.165, 1.54) is 10.2 Å². The van der Waals surface area contributed by atoms with E-state index in [-0.39, 0.29) is 11.3 Å². The van der Waals surface area contributed by atoms with E-state index in [4.69, 9.17) is 5.73 Å². The van der Waals surface area contributed by atoms with Crippen molar-refractivity contribution in [2.75, 3.05) is 5.73 Å². The smallest absolute Gasteiger partial charge is 0.280 e. The normalized spacial score (nSPS) is 12.0. The fourth-order valence-corrected chi connectivity index (χ4v) is 3.20. The minimum absolute atomic E-state index is 0.0305. The standard InChI is InChI=1S/C22H22N4O/c1-13-5-6-15-12-17-19(23)25-26(20(17)24-18(15)11-13)21(27)14-7-9-16(10-8-14)22(2,3)4/h5-12H,1-4H3,(H2,23,25). The molecule has 136 valence electrons. The number of benzene rings is 2. The van der Waals surface area contributed by atoms with Gasteiger partial charge in [0.15, 0.2) is 11.5 Å². The summed E-state index contributed by atoms with van der Waals surface area (Å²) in [4.78, 5) is 17.7. The monoisotopic (exact) mass is 358 g/mol. The number of pyridine rings is 1. The summed E-state index contributed by atoms with van der Waals surface area (Å²) in [6, 6.07) is 15.6. The predicted molar refractivity (Wildman–Crippen MR) is 109 cm³/mol. The van der Waals surface area contributed by atoms with Crippen LogP contribution in [0.2, 0.25) is 0 Å². The Kier molecular flexibility index (Phi) is 3.77. The second kappa shape index (κ2) is 5.91. The summed E-state index contributed by atoms with van der Waals surface area (Å²) in [7, 11) is 0. The SMILES string of the molecule is Cc1ccc2cc3c(N)nn(C(=O)c4ccc(C(C)(C)C)cc4)c3nc2c1. The lowest BCUT2D eigenvalue weighted by molar-refractivity contribution is 0.0950. The number of carbonyl (C=O) groups is 1. The molecule has 0 unspecified atom stereocenters. The molecule has 0 aliphatic carbocycles. The van der Waals surface area contributed by atoms with Gasteiger partial charge in [-0.25, -0.2) is 4.98 Å². The van der Waals surface area contributed by atoms with Crippen molar-refractivity contribution in [1.82, 2.24) is 14.8 Å². The topological polar surface area (TPSA) is 73.8 Å². The molecule has 0 aliphatic heterocycles. The molecule has 2 N–H and O–H groups in total. The number of aromatic nitrogens is 3. The molecule has 0 aliphatic rings.